The Morgan fingerprint density at radius 3 is 2.55 bits per heavy atom. The molecular formula is C13H18N2O5S2. The van der Waals surface area contributed by atoms with Crippen molar-refractivity contribution in [1.82, 2.24) is 4.72 Å². The Morgan fingerprint density at radius 2 is 2.00 bits per heavy atom. The molecule has 122 valence electrons. The number of hydrogen-bond donors (Lipinski definition) is 2. The zero-order valence-corrected chi connectivity index (χ0v) is 13.9. The van der Waals surface area contributed by atoms with E-state index in [4.69, 9.17) is 0 Å². The molecule has 7 nitrogen and oxygen atoms in total. The zero-order valence-electron chi connectivity index (χ0n) is 12.3. The van der Waals surface area contributed by atoms with Crippen LogP contribution in [0, 0.1) is 12.8 Å². The maximum Gasteiger partial charge on any atom is 0.240 e. The van der Waals surface area contributed by atoms with Crippen molar-refractivity contribution >= 4 is 31.5 Å². The van der Waals surface area contributed by atoms with Crippen LogP contribution in [0.1, 0.15) is 12.0 Å². The van der Waals surface area contributed by atoms with Crippen molar-refractivity contribution in [3.05, 3.63) is 23.8 Å². The van der Waals surface area contributed by atoms with Gasteiger partial charge in [0.05, 0.1) is 22.3 Å². The van der Waals surface area contributed by atoms with E-state index in [9.17, 15) is 21.6 Å². The van der Waals surface area contributed by atoms with E-state index in [1.165, 1.54) is 13.1 Å². The van der Waals surface area contributed by atoms with Crippen molar-refractivity contribution in [2.45, 2.75) is 18.2 Å². The van der Waals surface area contributed by atoms with Crippen LogP contribution in [-0.4, -0.2) is 41.3 Å². The van der Waals surface area contributed by atoms with Gasteiger partial charge in [-0.2, -0.15) is 0 Å². The summed E-state index contributed by atoms with van der Waals surface area (Å²) in [4.78, 5) is 12.2. The Labute approximate surface area is 130 Å². The monoisotopic (exact) mass is 346 g/mol. The van der Waals surface area contributed by atoms with Gasteiger partial charge in [0.15, 0.2) is 9.84 Å². The fourth-order valence-corrected chi connectivity index (χ4v) is 5.06. The fraction of sp³-hybridized carbons (Fsp3) is 0.462. The number of hydrogen-bond acceptors (Lipinski definition) is 5. The average Bonchev–Trinajstić information content (AvgIpc) is 2.81. The van der Waals surface area contributed by atoms with Crippen LogP contribution < -0.4 is 10.0 Å². The van der Waals surface area contributed by atoms with Gasteiger partial charge in [0, 0.05) is 5.69 Å². The molecular weight excluding hydrogens is 328 g/mol. The van der Waals surface area contributed by atoms with E-state index >= 15 is 0 Å². The van der Waals surface area contributed by atoms with Gasteiger partial charge >= 0.3 is 0 Å². The highest BCUT2D eigenvalue weighted by Gasteiger charge is 2.33. The van der Waals surface area contributed by atoms with Gasteiger partial charge in [0.25, 0.3) is 0 Å². The van der Waals surface area contributed by atoms with E-state index in [0.29, 0.717) is 17.7 Å². The van der Waals surface area contributed by atoms with E-state index in [1.54, 1.807) is 19.1 Å². The number of carbonyl (C=O) groups is 1. The molecule has 1 aromatic carbocycles. The highest BCUT2D eigenvalue weighted by Crippen LogP contribution is 2.23. The predicted octanol–water partition coefficient (Wildman–Crippen LogP) is 0.276. The second-order valence-corrected chi connectivity index (χ2v) is 9.36. The Morgan fingerprint density at radius 1 is 1.32 bits per heavy atom. The van der Waals surface area contributed by atoms with Gasteiger partial charge in [-0.25, -0.2) is 21.6 Å². The molecule has 1 saturated heterocycles. The Balaban J connectivity index is 2.21. The molecule has 1 heterocycles. The van der Waals surface area contributed by atoms with Crippen LogP contribution in [0.3, 0.4) is 0 Å². The molecule has 0 unspecified atom stereocenters. The largest absolute Gasteiger partial charge is 0.326 e. The Kier molecular flexibility index (Phi) is 4.59. The molecule has 1 aromatic rings. The van der Waals surface area contributed by atoms with Crippen LogP contribution in [0.5, 0.6) is 0 Å². The number of rotatable bonds is 4. The minimum atomic E-state index is -3.62. The second kappa shape index (κ2) is 5.98. The van der Waals surface area contributed by atoms with Gasteiger partial charge in [-0.15, -0.1) is 0 Å². The van der Waals surface area contributed by atoms with Gasteiger partial charge in [-0.1, -0.05) is 6.07 Å². The van der Waals surface area contributed by atoms with Gasteiger partial charge in [-0.3, -0.25) is 4.79 Å². The minimum Gasteiger partial charge on any atom is -0.326 e. The lowest BCUT2D eigenvalue weighted by molar-refractivity contribution is -0.119. The van der Waals surface area contributed by atoms with Crippen LogP contribution in [0.15, 0.2) is 23.1 Å². The number of benzene rings is 1. The van der Waals surface area contributed by atoms with Crippen LogP contribution in [0.25, 0.3) is 0 Å². The third-order valence-corrected chi connectivity index (χ3v) is 6.94. The number of aryl methyl sites for hydroxylation is 1. The fourth-order valence-electron chi connectivity index (χ4n) is 2.32. The van der Waals surface area contributed by atoms with Gasteiger partial charge in [0.2, 0.25) is 15.9 Å². The van der Waals surface area contributed by atoms with Crippen molar-refractivity contribution in [1.29, 1.82) is 0 Å². The van der Waals surface area contributed by atoms with Crippen LogP contribution >= 0.6 is 0 Å². The molecule has 2 N–H and O–H groups in total. The van der Waals surface area contributed by atoms with Crippen molar-refractivity contribution in [3.8, 4) is 0 Å². The second-order valence-electron chi connectivity index (χ2n) is 5.28. The number of anilines is 1. The summed E-state index contributed by atoms with van der Waals surface area (Å²) in [5.74, 6) is -1.14. The number of sulfonamides is 1. The molecule has 2 rings (SSSR count). The summed E-state index contributed by atoms with van der Waals surface area (Å²) in [6.45, 7) is 1.65. The SMILES string of the molecule is CNS(=O)(=O)c1cc(NC(=O)[C@H]2CCS(=O)(=O)C2)ccc1C. The zero-order chi connectivity index (χ0) is 16.5. The van der Waals surface area contributed by atoms with E-state index < -0.39 is 31.7 Å². The first-order valence-corrected chi connectivity index (χ1v) is 10.0. The molecule has 0 saturated carbocycles. The maximum absolute atomic E-state index is 12.1. The number of nitrogens with one attached hydrogen (secondary N) is 2. The van der Waals surface area contributed by atoms with E-state index in [-0.39, 0.29) is 16.4 Å². The number of carbonyl (C=O) groups excluding carboxylic acids is 1. The Hall–Kier alpha value is -1.45. The van der Waals surface area contributed by atoms with E-state index in [2.05, 4.69) is 10.0 Å². The molecule has 0 aromatic heterocycles. The molecule has 0 bridgehead atoms. The van der Waals surface area contributed by atoms with Gasteiger partial charge < -0.3 is 5.32 Å². The van der Waals surface area contributed by atoms with E-state index in [1.807, 2.05) is 0 Å². The molecule has 22 heavy (non-hydrogen) atoms. The van der Waals surface area contributed by atoms with Crippen LogP contribution in [0.4, 0.5) is 5.69 Å². The van der Waals surface area contributed by atoms with E-state index in [0.717, 1.165) is 0 Å². The third kappa shape index (κ3) is 3.65. The summed E-state index contributed by atoms with van der Waals surface area (Å²) >= 11 is 0. The summed E-state index contributed by atoms with van der Waals surface area (Å²) in [7, 11) is -5.45. The smallest absolute Gasteiger partial charge is 0.240 e. The molecule has 1 aliphatic rings. The van der Waals surface area contributed by atoms with Crippen molar-refractivity contribution in [2.24, 2.45) is 5.92 Å². The molecule has 0 radical (unpaired) electrons. The molecule has 1 fully saturated rings. The van der Waals surface area contributed by atoms with Crippen LogP contribution in [0.2, 0.25) is 0 Å². The molecule has 0 spiro atoms. The first kappa shape index (κ1) is 16.9. The van der Waals surface area contributed by atoms with Crippen molar-refractivity contribution < 1.29 is 21.6 Å². The lowest BCUT2D eigenvalue weighted by Crippen LogP contribution is -2.24. The first-order valence-electron chi connectivity index (χ1n) is 6.70. The average molecular weight is 346 g/mol. The summed E-state index contributed by atoms with van der Waals surface area (Å²) < 4.78 is 48.8. The molecule has 1 atom stereocenters. The normalized spacial score (nSPS) is 20.7. The summed E-state index contributed by atoms with van der Waals surface area (Å²) in [5.41, 5.74) is 0.879. The number of sulfone groups is 1. The molecule has 1 aliphatic heterocycles. The highest BCUT2D eigenvalue weighted by atomic mass is 32.2. The molecule has 9 heteroatoms. The van der Waals surface area contributed by atoms with Crippen LogP contribution in [-0.2, 0) is 24.7 Å². The van der Waals surface area contributed by atoms with Gasteiger partial charge in [-0.05, 0) is 38.1 Å². The Bertz CT molecular complexity index is 800. The molecule has 0 aliphatic carbocycles. The number of amides is 1. The highest BCUT2D eigenvalue weighted by molar-refractivity contribution is 7.91. The minimum absolute atomic E-state index is 0.0123. The van der Waals surface area contributed by atoms with Crippen molar-refractivity contribution in [3.63, 3.8) is 0 Å². The summed E-state index contributed by atoms with van der Waals surface area (Å²) in [5, 5.41) is 2.59. The first-order chi connectivity index (χ1) is 10.1. The van der Waals surface area contributed by atoms with Gasteiger partial charge in [0.1, 0.15) is 0 Å². The standard InChI is InChI=1S/C13H18N2O5S2/c1-9-3-4-11(7-12(9)22(19,20)14-2)15-13(16)10-5-6-21(17,18)8-10/h3-4,7,10,14H,5-6,8H2,1-2H3,(H,15,16)/t10-/m0/s1. The summed E-state index contributed by atoms with van der Waals surface area (Å²) in [6, 6.07) is 4.54. The summed E-state index contributed by atoms with van der Waals surface area (Å²) in [6.07, 6.45) is 0.293. The van der Waals surface area contributed by atoms with Crippen molar-refractivity contribution in [2.75, 3.05) is 23.9 Å². The quantitative estimate of drug-likeness (QED) is 0.814. The third-order valence-electron chi connectivity index (χ3n) is 3.62. The topological polar surface area (TPSA) is 109 Å². The maximum atomic E-state index is 12.1. The predicted molar refractivity (Wildman–Crippen MR) is 82.8 cm³/mol. The lowest BCUT2D eigenvalue weighted by Gasteiger charge is -2.12. The lowest BCUT2D eigenvalue weighted by atomic mass is 10.1. The molecule has 1 amide bonds.